The monoisotopic (exact) mass is 342 g/mol. The SMILES string of the molecule is CCOC(=O)Cc1cc(=O)[nH]c(N2CCN(c3ccccc3)CC2)n1. The number of hydrogen-bond donors (Lipinski definition) is 1. The molecule has 1 aromatic heterocycles. The quantitative estimate of drug-likeness (QED) is 0.823. The third-order valence-electron chi connectivity index (χ3n) is 4.11. The Hall–Kier alpha value is -2.83. The summed E-state index contributed by atoms with van der Waals surface area (Å²) >= 11 is 0. The van der Waals surface area contributed by atoms with Crippen LogP contribution in [0.1, 0.15) is 12.6 Å². The summed E-state index contributed by atoms with van der Waals surface area (Å²) in [6.45, 7) is 5.25. The highest BCUT2D eigenvalue weighted by molar-refractivity contribution is 5.72. The summed E-state index contributed by atoms with van der Waals surface area (Å²) < 4.78 is 4.92. The summed E-state index contributed by atoms with van der Waals surface area (Å²) in [6.07, 6.45) is 0.00867. The molecule has 0 unspecified atom stereocenters. The second-order valence-corrected chi connectivity index (χ2v) is 5.85. The fourth-order valence-electron chi connectivity index (χ4n) is 2.91. The second kappa shape index (κ2) is 7.83. The molecule has 0 amide bonds. The van der Waals surface area contributed by atoms with Crippen LogP contribution >= 0.6 is 0 Å². The number of ether oxygens (including phenoxy) is 1. The fourth-order valence-corrected chi connectivity index (χ4v) is 2.91. The van der Waals surface area contributed by atoms with Gasteiger partial charge in [-0.25, -0.2) is 4.98 Å². The van der Waals surface area contributed by atoms with Crippen molar-refractivity contribution in [1.29, 1.82) is 0 Å². The molecule has 1 fully saturated rings. The van der Waals surface area contributed by atoms with E-state index in [1.54, 1.807) is 6.92 Å². The molecule has 0 radical (unpaired) electrons. The van der Waals surface area contributed by atoms with Crippen LogP contribution in [0.25, 0.3) is 0 Å². The third-order valence-corrected chi connectivity index (χ3v) is 4.11. The number of nitrogens with zero attached hydrogens (tertiary/aromatic N) is 3. The molecule has 0 saturated carbocycles. The molecule has 1 aliphatic rings. The summed E-state index contributed by atoms with van der Waals surface area (Å²) in [7, 11) is 0. The lowest BCUT2D eigenvalue weighted by Crippen LogP contribution is -2.47. The van der Waals surface area contributed by atoms with Gasteiger partial charge in [-0.2, -0.15) is 0 Å². The van der Waals surface area contributed by atoms with Gasteiger partial charge in [0.2, 0.25) is 5.95 Å². The molecule has 1 aliphatic heterocycles. The number of nitrogens with one attached hydrogen (secondary N) is 1. The molecule has 0 aliphatic carbocycles. The highest BCUT2D eigenvalue weighted by Crippen LogP contribution is 2.17. The first-order valence-electron chi connectivity index (χ1n) is 8.46. The van der Waals surface area contributed by atoms with Crippen LogP contribution in [0.4, 0.5) is 11.6 Å². The lowest BCUT2D eigenvalue weighted by Gasteiger charge is -2.36. The van der Waals surface area contributed by atoms with Crippen LogP contribution in [0.3, 0.4) is 0 Å². The number of H-pyrrole nitrogens is 1. The van der Waals surface area contributed by atoms with E-state index in [-0.39, 0.29) is 17.9 Å². The standard InChI is InChI=1S/C18H22N4O3/c1-2-25-17(24)13-14-12-16(23)20-18(19-14)22-10-8-21(9-11-22)15-6-4-3-5-7-15/h3-7,12H,2,8-11,13H2,1H3,(H,19,20,23). The van der Waals surface area contributed by atoms with Crippen molar-refractivity contribution in [2.45, 2.75) is 13.3 Å². The first-order valence-corrected chi connectivity index (χ1v) is 8.46. The molecular formula is C18H22N4O3. The number of carbonyl (C=O) groups excluding carboxylic acids is 1. The molecular weight excluding hydrogens is 320 g/mol. The van der Waals surface area contributed by atoms with Gasteiger partial charge in [0.15, 0.2) is 0 Å². The summed E-state index contributed by atoms with van der Waals surface area (Å²) in [5, 5.41) is 0. The van der Waals surface area contributed by atoms with E-state index in [2.05, 4.69) is 27.0 Å². The molecule has 0 bridgehead atoms. The van der Waals surface area contributed by atoms with Crippen LogP contribution in [-0.2, 0) is 16.0 Å². The minimum Gasteiger partial charge on any atom is -0.466 e. The van der Waals surface area contributed by atoms with Gasteiger partial charge < -0.3 is 14.5 Å². The first-order chi connectivity index (χ1) is 12.2. The van der Waals surface area contributed by atoms with E-state index in [0.717, 1.165) is 26.2 Å². The number of anilines is 2. The van der Waals surface area contributed by atoms with Gasteiger partial charge in [0.05, 0.1) is 18.7 Å². The minimum absolute atomic E-state index is 0.00867. The number of aromatic amines is 1. The van der Waals surface area contributed by atoms with Gasteiger partial charge in [-0.3, -0.25) is 14.6 Å². The summed E-state index contributed by atoms with van der Waals surface area (Å²) in [4.78, 5) is 35.0. The largest absolute Gasteiger partial charge is 0.466 e. The summed E-state index contributed by atoms with van der Waals surface area (Å²) in [5.74, 6) is 0.139. The number of benzene rings is 1. The van der Waals surface area contributed by atoms with Crippen molar-refractivity contribution in [3.05, 3.63) is 52.4 Å². The fraction of sp³-hybridized carbons (Fsp3) is 0.389. The van der Waals surface area contributed by atoms with Gasteiger partial charge in [-0.15, -0.1) is 0 Å². The molecule has 132 valence electrons. The lowest BCUT2D eigenvalue weighted by atomic mass is 10.2. The van der Waals surface area contributed by atoms with Crippen LogP contribution in [-0.4, -0.2) is 48.7 Å². The number of esters is 1. The summed E-state index contributed by atoms with van der Waals surface area (Å²) in [5.41, 5.74) is 1.37. The minimum atomic E-state index is -0.375. The van der Waals surface area contributed by atoms with E-state index in [1.165, 1.54) is 11.8 Å². The average Bonchev–Trinajstić information content (AvgIpc) is 2.62. The highest BCUT2D eigenvalue weighted by atomic mass is 16.5. The zero-order valence-electron chi connectivity index (χ0n) is 14.3. The summed E-state index contributed by atoms with van der Waals surface area (Å²) in [6, 6.07) is 11.6. The van der Waals surface area contributed by atoms with Crippen molar-refractivity contribution in [3.63, 3.8) is 0 Å². The third kappa shape index (κ3) is 4.37. The molecule has 7 heteroatoms. The zero-order chi connectivity index (χ0) is 17.6. The van der Waals surface area contributed by atoms with Gasteiger partial charge in [0.1, 0.15) is 0 Å². The second-order valence-electron chi connectivity index (χ2n) is 5.85. The molecule has 1 aromatic carbocycles. The maximum Gasteiger partial charge on any atom is 0.311 e. The van der Waals surface area contributed by atoms with Crippen LogP contribution in [0.5, 0.6) is 0 Å². The van der Waals surface area contributed by atoms with Gasteiger partial charge in [0, 0.05) is 37.9 Å². The van der Waals surface area contributed by atoms with Crippen molar-refractivity contribution >= 4 is 17.6 Å². The van der Waals surface area contributed by atoms with Crippen molar-refractivity contribution < 1.29 is 9.53 Å². The van der Waals surface area contributed by atoms with Crippen LogP contribution in [0, 0.1) is 0 Å². The Morgan fingerprint density at radius 1 is 1.16 bits per heavy atom. The Balaban J connectivity index is 1.67. The van der Waals surface area contributed by atoms with E-state index in [0.29, 0.717) is 18.2 Å². The molecule has 7 nitrogen and oxygen atoms in total. The number of rotatable bonds is 5. The van der Waals surface area contributed by atoms with Crippen LogP contribution < -0.4 is 15.4 Å². The molecule has 1 N–H and O–H groups in total. The molecule has 2 heterocycles. The van der Waals surface area contributed by atoms with Crippen molar-refractivity contribution in [1.82, 2.24) is 9.97 Å². The lowest BCUT2D eigenvalue weighted by molar-refractivity contribution is -0.142. The Bertz CT molecular complexity index is 767. The van der Waals surface area contributed by atoms with Crippen LogP contribution in [0.15, 0.2) is 41.2 Å². The smallest absolute Gasteiger partial charge is 0.311 e. The van der Waals surface area contributed by atoms with Gasteiger partial charge >= 0.3 is 5.97 Å². The van der Waals surface area contributed by atoms with Gasteiger partial charge in [0.25, 0.3) is 5.56 Å². The Morgan fingerprint density at radius 3 is 2.52 bits per heavy atom. The van der Waals surface area contributed by atoms with Gasteiger partial charge in [-0.05, 0) is 19.1 Å². The maximum atomic E-state index is 11.9. The number of piperazine rings is 1. The zero-order valence-corrected chi connectivity index (χ0v) is 14.3. The molecule has 3 rings (SSSR count). The Labute approximate surface area is 146 Å². The van der Waals surface area contributed by atoms with Gasteiger partial charge in [-0.1, -0.05) is 18.2 Å². The van der Waals surface area contributed by atoms with Crippen LogP contribution in [0.2, 0.25) is 0 Å². The van der Waals surface area contributed by atoms with E-state index in [9.17, 15) is 9.59 Å². The first kappa shape index (κ1) is 17.0. The Morgan fingerprint density at radius 2 is 1.84 bits per heavy atom. The van der Waals surface area contributed by atoms with E-state index in [1.807, 2.05) is 23.1 Å². The maximum absolute atomic E-state index is 11.9. The van der Waals surface area contributed by atoms with Crippen molar-refractivity contribution in [3.8, 4) is 0 Å². The topological polar surface area (TPSA) is 78.5 Å². The number of carbonyl (C=O) groups is 1. The highest BCUT2D eigenvalue weighted by Gasteiger charge is 2.19. The van der Waals surface area contributed by atoms with E-state index in [4.69, 9.17) is 4.74 Å². The van der Waals surface area contributed by atoms with E-state index < -0.39 is 0 Å². The van der Waals surface area contributed by atoms with E-state index >= 15 is 0 Å². The number of hydrogen-bond acceptors (Lipinski definition) is 6. The molecule has 25 heavy (non-hydrogen) atoms. The Kier molecular flexibility index (Phi) is 5.33. The number of para-hydroxylation sites is 1. The normalized spacial score (nSPS) is 14.4. The molecule has 1 saturated heterocycles. The van der Waals surface area contributed by atoms with Crippen molar-refractivity contribution in [2.75, 3.05) is 42.6 Å². The molecule has 0 atom stereocenters. The molecule has 2 aromatic rings. The predicted molar refractivity (Wildman–Crippen MR) is 96.1 cm³/mol. The molecule has 0 spiro atoms. The average molecular weight is 342 g/mol. The predicted octanol–water partition coefficient (Wildman–Crippen LogP) is 1.20. The number of aromatic nitrogens is 2. The van der Waals surface area contributed by atoms with Crippen molar-refractivity contribution in [2.24, 2.45) is 0 Å².